The van der Waals surface area contributed by atoms with Crippen molar-refractivity contribution in [3.63, 3.8) is 0 Å². The third kappa shape index (κ3) is 2.61. The molecule has 0 fully saturated rings. The topological polar surface area (TPSA) is 74.2 Å². The number of halogens is 3. The summed E-state index contributed by atoms with van der Waals surface area (Å²) in [6.07, 6.45) is 1.28. The Bertz CT molecular complexity index is 584. The lowest BCUT2D eigenvalue weighted by atomic mass is 10.3. The fourth-order valence-electron chi connectivity index (χ4n) is 1.28. The highest BCUT2D eigenvalue weighted by molar-refractivity contribution is 14.1. The molecule has 0 bridgehead atoms. The number of nitrogen functional groups attached to an aromatic ring is 2. The molecule has 7 heteroatoms. The van der Waals surface area contributed by atoms with Gasteiger partial charge in [0.05, 0.1) is 9.77 Å². The Balaban J connectivity index is 2.37. The molecule has 0 saturated carbocycles. The van der Waals surface area contributed by atoms with Crippen molar-refractivity contribution in [1.29, 1.82) is 0 Å². The molecule has 0 unspecified atom stereocenters. The molecule has 4 N–H and O–H groups in total. The van der Waals surface area contributed by atoms with Crippen LogP contribution in [0.5, 0.6) is 11.5 Å². The average molecular weight is 363 g/mol. The van der Waals surface area contributed by atoms with E-state index in [0.717, 1.165) is 12.1 Å². The van der Waals surface area contributed by atoms with Crippen molar-refractivity contribution in [2.24, 2.45) is 0 Å². The van der Waals surface area contributed by atoms with E-state index in [2.05, 4.69) is 4.98 Å². The van der Waals surface area contributed by atoms with Gasteiger partial charge in [-0.3, -0.25) is 0 Å². The number of pyridine rings is 1. The molecule has 0 atom stereocenters. The molecule has 4 nitrogen and oxygen atoms in total. The third-order valence-electron chi connectivity index (χ3n) is 2.09. The molecule has 0 aliphatic carbocycles. The van der Waals surface area contributed by atoms with Gasteiger partial charge >= 0.3 is 0 Å². The zero-order chi connectivity index (χ0) is 13.3. The van der Waals surface area contributed by atoms with Gasteiger partial charge in [-0.1, -0.05) is 0 Å². The fourth-order valence-corrected chi connectivity index (χ4v) is 1.73. The Kier molecular flexibility index (Phi) is 3.50. The highest BCUT2D eigenvalue weighted by atomic mass is 127. The van der Waals surface area contributed by atoms with Crippen molar-refractivity contribution in [2.75, 3.05) is 11.5 Å². The number of aromatic nitrogens is 1. The first kappa shape index (κ1) is 12.8. The van der Waals surface area contributed by atoms with Crippen LogP contribution in [0.15, 0.2) is 24.4 Å². The molecule has 18 heavy (non-hydrogen) atoms. The minimum atomic E-state index is -0.876. The Morgan fingerprint density at radius 1 is 1.11 bits per heavy atom. The molecule has 2 rings (SSSR count). The van der Waals surface area contributed by atoms with Crippen LogP contribution in [-0.2, 0) is 0 Å². The number of hydrogen-bond acceptors (Lipinski definition) is 4. The maximum atomic E-state index is 13.5. The number of hydrogen-bond donors (Lipinski definition) is 2. The van der Waals surface area contributed by atoms with Gasteiger partial charge in [0.1, 0.15) is 11.6 Å². The summed E-state index contributed by atoms with van der Waals surface area (Å²) in [5.74, 6) is -1.76. The van der Waals surface area contributed by atoms with Gasteiger partial charge in [-0.25, -0.2) is 13.8 Å². The van der Waals surface area contributed by atoms with E-state index in [0.29, 0.717) is 9.39 Å². The second-order valence-corrected chi connectivity index (χ2v) is 4.62. The normalized spacial score (nSPS) is 10.4. The molecule has 94 valence electrons. The van der Waals surface area contributed by atoms with Crippen molar-refractivity contribution in [1.82, 2.24) is 4.98 Å². The predicted molar refractivity (Wildman–Crippen MR) is 72.2 cm³/mol. The lowest BCUT2D eigenvalue weighted by molar-refractivity contribution is 0.406. The van der Waals surface area contributed by atoms with E-state index in [-0.39, 0.29) is 11.4 Å². The summed E-state index contributed by atoms with van der Waals surface area (Å²) < 4.78 is 32.7. The second kappa shape index (κ2) is 4.92. The van der Waals surface area contributed by atoms with Crippen LogP contribution in [0.2, 0.25) is 0 Å². The second-order valence-electron chi connectivity index (χ2n) is 3.45. The maximum absolute atomic E-state index is 13.5. The van der Waals surface area contributed by atoms with Crippen molar-refractivity contribution >= 4 is 34.1 Å². The third-order valence-corrected chi connectivity index (χ3v) is 2.95. The van der Waals surface area contributed by atoms with Gasteiger partial charge in [-0.2, -0.15) is 0 Å². The van der Waals surface area contributed by atoms with Crippen LogP contribution >= 0.6 is 22.6 Å². The van der Waals surface area contributed by atoms with Crippen LogP contribution in [0.1, 0.15) is 0 Å². The minimum Gasteiger partial charge on any atom is -0.450 e. The van der Waals surface area contributed by atoms with Crippen molar-refractivity contribution in [3.8, 4) is 11.5 Å². The summed E-state index contributed by atoms with van der Waals surface area (Å²) in [5, 5.41) is 0. The van der Waals surface area contributed by atoms with Crippen LogP contribution < -0.4 is 16.2 Å². The highest BCUT2D eigenvalue weighted by Crippen LogP contribution is 2.30. The smallest absolute Gasteiger partial charge is 0.198 e. The van der Waals surface area contributed by atoms with Crippen molar-refractivity contribution in [2.45, 2.75) is 0 Å². The highest BCUT2D eigenvalue weighted by Gasteiger charge is 2.13. The van der Waals surface area contributed by atoms with Crippen LogP contribution in [-0.4, -0.2) is 4.98 Å². The first-order valence-corrected chi connectivity index (χ1v) is 5.88. The van der Waals surface area contributed by atoms with Gasteiger partial charge < -0.3 is 16.2 Å². The summed E-state index contributed by atoms with van der Waals surface area (Å²) in [6.45, 7) is 0. The van der Waals surface area contributed by atoms with Gasteiger partial charge in [-0.05, 0) is 28.7 Å². The molecule has 0 amide bonds. The number of anilines is 2. The van der Waals surface area contributed by atoms with Crippen LogP contribution in [0.3, 0.4) is 0 Å². The summed E-state index contributed by atoms with van der Waals surface area (Å²) in [5.41, 5.74) is 10.8. The number of nitrogens with two attached hydrogens (primary N) is 2. The summed E-state index contributed by atoms with van der Waals surface area (Å²) in [6, 6.07) is 3.49. The molecule has 0 radical (unpaired) electrons. The standard InChI is InChI=1S/C11H8F2IN3O/c12-7-1-5(15)2-8(13)10(7)18-6-3-9(14)11(16)17-4-6/h1-4H,15H2,(H2,16,17). The lowest BCUT2D eigenvalue weighted by Gasteiger charge is -2.09. The predicted octanol–water partition coefficient (Wildman–Crippen LogP) is 2.92. The van der Waals surface area contributed by atoms with Gasteiger partial charge in [0, 0.05) is 17.8 Å². The zero-order valence-corrected chi connectivity index (χ0v) is 11.1. The van der Waals surface area contributed by atoms with Gasteiger partial charge in [-0.15, -0.1) is 0 Å². The molecule has 0 aliphatic rings. The monoisotopic (exact) mass is 363 g/mol. The number of ether oxygens (including phenoxy) is 1. The summed E-state index contributed by atoms with van der Waals surface area (Å²) in [7, 11) is 0. The Morgan fingerprint density at radius 2 is 1.72 bits per heavy atom. The zero-order valence-electron chi connectivity index (χ0n) is 8.95. The van der Waals surface area contributed by atoms with E-state index in [1.165, 1.54) is 12.3 Å². The van der Waals surface area contributed by atoms with Crippen molar-refractivity contribution in [3.05, 3.63) is 39.6 Å². The van der Waals surface area contributed by atoms with Gasteiger partial charge in [0.15, 0.2) is 17.4 Å². The molecule has 0 saturated heterocycles. The van der Waals surface area contributed by atoms with Crippen LogP contribution in [0.25, 0.3) is 0 Å². The molecule has 1 heterocycles. The molecule has 2 aromatic rings. The van der Waals surface area contributed by atoms with E-state index in [4.69, 9.17) is 16.2 Å². The quantitative estimate of drug-likeness (QED) is 0.636. The van der Waals surface area contributed by atoms with Crippen molar-refractivity contribution < 1.29 is 13.5 Å². The largest absolute Gasteiger partial charge is 0.450 e. The first-order valence-electron chi connectivity index (χ1n) is 4.81. The minimum absolute atomic E-state index is 0.0117. The Hall–Kier alpha value is -1.64. The Labute approximate surface area is 115 Å². The number of rotatable bonds is 2. The Morgan fingerprint density at radius 3 is 2.28 bits per heavy atom. The van der Waals surface area contributed by atoms with E-state index >= 15 is 0 Å². The average Bonchev–Trinajstić information content (AvgIpc) is 2.28. The van der Waals surface area contributed by atoms with E-state index < -0.39 is 17.4 Å². The SMILES string of the molecule is Nc1cc(F)c(Oc2cnc(N)c(I)c2)c(F)c1. The van der Waals surface area contributed by atoms with E-state index in [9.17, 15) is 8.78 Å². The number of nitrogens with zero attached hydrogens (tertiary/aromatic N) is 1. The van der Waals surface area contributed by atoms with Crippen LogP contribution in [0, 0.1) is 15.2 Å². The molecule has 0 aliphatic heterocycles. The lowest BCUT2D eigenvalue weighted by Crippen LogP contribution is -1.98. The molecular formula is C11H8F2IN3O. The van der Waals surface area contributed by atoms with Gasteiger partial charge in [0.2, 0.25) is 0 Å². The molecule has 1 aromatic heterocycles. The summed E-state index contributed by atoms with van der Waals surface area (Å²) >= 11 is 1.94. The number of benzene rings is 1. The van der Waals surface area contributed by atoms with Crippen LogP contribution in [0.4, 0.5) is 20.3 Å². The van der Waals surface area contributed by atoms with Gasteiger partial charge in [0.25, 0.3) is 0 Å². The fraction of sp³-hybridized carbons (Fsp3) is 0. The van der Waals surface area contributed by atoms with E-state index in [1.54, 1.807) is 0 Å². The molecule has 0 spiro atoms. The molecule has 1 aromatic carbocycles. The van der Waals surface area contributed by atoms with E-state index in [1.807, 2.05) is 22.6 Å². The first-order chi connectivity index (χ1) is 8.47. The maximum Gasteiger partial charge on any atom is 0.198 e. The summed E-state index contributed by atoms with van der Waals surface area (Å²) in [4.78, 5) is 3.83. The molecular weight excluding hydrogens is 355 g/mol.